The van der Waals surface area contributed by atoms with Gasteiger partial charge in [0.15, 0.2) is 0 Å². The van der Waals surface area contributed by atoms with Crippen molar-refractivity contribution in [2.75, 3.05) is 6.54 Å². The normalized spacial score (nSPS) is 18.4. The van der Waals surface area contributed by atoms with E-state index in [1.54, 1.807) is 0 Å². The molecule has 0 aliphatic heterocycles. The molecule has 1 saturated carbocycles. The topological polar surface area (TPSA) is 20.3 Å². The number of rotatable bonds is 5. The van der Waals surface area contributed by atoms with Gasteiger partial charge in [-0.05, 0) is 25.2 Å². The number of hydrogen-bond acceptors (Lipinski definition) is 2. The number of nitrogens with zero attached hydrogens (tertiary/aromatic N) is 1. The lowest BCUT2D eigenvalue weighted by Gasteiger charge is -2.26. The van der Waals surface area contributed by atoms with Crippen molar-refractivity contribution in [2.24, 2.45) is 5.92 Å². The second-order valence-electron chi connectivity index (χ2n) is 4.45. The Morgan fingerprint density at radius 1 is 1.50 bits per heavy atom. The summed E-state index contributed by atoms with van der Waals surface area (Å²) in [7, 11) is 0. The molecule has 1 unspecified atom stereocenters. The third-order valence-corrected chi connectivity index (χ3v) is 3.44. The fraction of sp³-hybridized carbons (Fsp3) is 0.909. The third-order valence-electron chi connectivity index (χ3n) is 2.62. The average Bonchev–Trinajstić information content (AvgIpc) is 2.95. The molecule has 14 heavy (non-hydrogen) atoms. The van der Waals surface area contributed by atoms with Gasteiger partial charge < -0.3 is 4.90 Å². The molecule has 0 bridgehead atoms. The van der Waals surface area contributed by atoms with Crippen molar-refractivity contribution >= 4 is 18.5 Å². The standard InChI is InChI=1S/C11H21NOS/c1-4-7-12(9-5-6-9)11(13)10(14)8(2)3/h8-10,14H,4-7H2,1-3H3. The van der Waals surface area contributed by atoms with Crippen LogP contribution in [0, 0.1) is 5.92 Å². The number of carbonyl (C=O) groups excluding carboxylic acids is 1. The highest BCUT2D eigenvalue weighted by atomic mass is 32.1. The van der Waals surface area contributed by atoms with Gasteiger partial charge in [-0.15, -0.1) is 0 Å². The molecule has 0 aromatic rings. The van der Waals surface area contributed by atoms with Crippen LogP contribution in [0.3, 0.4) is 0 Å². The van der Waals surface area contributed by atoms with Crippen LogP contribution in [0.15, 0.2) is 0 Å². The summed E-state index contributed by atoms with van der Waals surface area (Å²) in [6.45, 7) is 7.11. The van der Waals surface area contributed by atoms with Crippen LogP contribution < -0.4 is 0 Å². The van der Waals surface area contributed by atoms with E-state index >= 15 is 0 Å². The number of thiol groups is 1. The first-order valence-corrected chi connectivity index (χ1v) is 6.08. The van der Waals surface area contributed by atoms with Gasteiger partial charge in [-0.3, -0.25) is 4.79 Å². The van der Waals surface area contributed by atoms with Gasteiger partial charge in [0.2, 0.25) is 5.91 Å². The van der Waals surface area contributed by atoms with Gasteiger partial charge in [0.05, 0.1) is 5.25 Å². The summed E-state index contributed by atoms with van der Waals surface area (Å²) >= 11 is 4.38. The molecule has 1 aliphatic carbocycles. The quantitative estimate of drug-likeness (QED) is 0.698. The molecule has 0 heterocycles. The summed E-state index contributed by atoms with van der Waals surface area (Å²) in [5.41, 5.74) is 0. The van der Waals surface area contributed by atoms with E-state index in [0.29, 0.717) is 12.0 Å². The van der Waals surface area contributed by atoms with Crippen molar-refractivity contribution in [2.45, 2.75) is 51.3 Å². The van der Waals surface area contributed by atoms with Crippen molar-refractivity contribution < 1.29 is 4.79 Å². The molecule has 82 valence electrons. The molecule has 0 saturated heterocycles. The van der Waals surface area contributed by atoms with E-state index in [-0.39, 0.29) is 11.2 Å². The first-order chi connectivity index (χ1) is 6.57. The lowest BCUT2D eigenvalue weighted by molar-refractivity contribution is -0.131. The summed E-state index contributed by atoms with van der Waals surface area (Å²) in [4.78, 5) is 14.0. The monoisotopic (exact) mass is 215 g/mol. The zero-order valence-corrected chi connectivity index (χ0v) is 10.3. The van der Waals surface area contributed by atoms with Gasteiger partial charge in [-0.25, -0.2) is 0 Å². The van der Waals surface area contributed by atoms with Crippen molar-refractivity contribution in [3.05, 3.63) is 0 Å². The molecule has 1 rings (SSSR count). The zero-order valence-electron chi connectivity index (χ0n) is 9.36. The Morgan fingerprint density at radius 2 is 2.07 bits per heavy atom. The van der Waals surface area contributed by atoms with Gasteiger partial charge in [0.1, 0.15) is 0 Å². The van der Waals surface area contributed by atoms with E-state index in [9.17, 15) is 4.79 Å². The van der Waals surface area contributed by atoms with Crippen molar-refractivity contribution in [3.8, 4) is 0 Å². The average molecular weight is 215 g/mol. The maximum absolute atomic E-state index is 12.0. The Balaban J connectivity index is 2.53. The molecule has 1 aliphatic rings. The molecule has 0 aromatic heterocycles. The van der Waals surface area contributed by atoms with Crippen LogP contribution in [-0.4, -0.2) is 28.6 Å². The minimum absolute atomic E-state index is 0.123. The highest BCUT2D eigenvalue weighted by molar-refractivity contribution is 7.81. The van der Waals surface area contributed by atoms with Crippen LogP contribution in [0.5, 0.6) is 0 Å². The summed E-state index contributed by atoms with van der Waals surface area (Å²) < 4.78 is 0. The summed E-state index contributed by atoms with van der Waals surface area (Å²) in [5.74, 6) is 0.552. The van der Waals surface area contributed by atoms with Crippen LogP contribution in [0.1, 0.15) is 40.0 Å². The summed E-state index contributed by atoms with van der Waals surface area (Å²) in [6.07, 6.45) is 3.41. The Morgan fingerprint density at radius 3 is 2.43 bits per heavy atom. The van der Waals surface area contributed by atoms with Crippen molar-refractivity contribution in [1.29, 1.82) is 0 Å². The third kappa shape index (κ3) is 2.91. The second kappa shape index (κ2) is 5.06. The lowest BCUT2D eigenvalue weighted by Crippen LogP contribution is -2.40. The van der Waals surface area contributed by atoms with Gasteiger partial charge in [0, 0.05) is 12.6 Å². The van der Waals surface area contributed by atoms with Gasteiger partial charge in [-0.2, -0.15) is 12.6 Å². The highest BCUT2D eigenvalue weighted by Crippen LogP contribution is 2.29. The maximum atomic E-state index is 12.0. The minimum Gasteiger partial charge on any atom is -0.339 e. The first kappa shape index (κ1) is 11.9. The smallest absolute Gasteiger partial charge is 0.235 e. The molecule has 2 nitrogen and oxygen atoms in total. The molecule has 1 amide bonds. The lowest BCUT2D eigenvalue weighted by atomic mass is 10.1. The van der Waals surface area contributed by atoms with Crippen LogP contribution >= 0.6 is 12.6 Å². The predicted octanol–water partition coefficient (Wildman–Crippen LogP) is 2.34. The van der Waals surface area contributed by atoms with Gasteiger partial charge in [0.25, 0.3) is 0 Å². The van der Waals surface area contributed by atoms with Crippen molar-refractivity contribution in [3.63, 3.8) is 0 Å². The Kier molecular flexibility index (Phi) is 4.30. The SMILES string of the molecule is CCCN(C(=O)C(S)C(C)C)C1CC1. The Hall–Kier alpha value is -0.180. The van der Waals surface area contributed by atoms with Crippen molar-refractivity contribution in [1.82, 2.24) is 4.90 Å². The van der Waals surface area contributed by atoms with Crippen LogP contribution in [0.2, 0.25) is 0 Å². The second-order valence-corrected chi connectivity index (χ2v) is 5.01. The fourth-order valence-corrected chi connectivity index (χ4v) is 1.70. The van der Waals surface area contributed by atoms with Gasteiger partial charge in [-0.1, -0.05) is 20.8 Å². The Labute approximate surface area is 92.5 Å². The van der Waals surface area contributed by atoms with E-state index in [4.69, 9.17) is 0 Å². The fourth-order valence-electron chi connectivity index (χ4n) is 1.55. The molecule has 0 radical (unpaired) electrons. The molecule has 1 atom stereocenters. The molecular formula is C11H21NOS. The van der Waals surface area contributed by atoms with Crippen LogP contribution in [-0.2, 0) is 4.79 Å². The first-order valence-electron chi connectivity index (χ1n) is 5.56. The van der Waals surface area contributed by atoms with E-state index < -0.39 is 0 Å². The molecule has 0 aromatic carbocycles. The number of hydrogen-bond donors (Lipinski definition) is 1. The molecule has 1 fully saturated rings. The minimum atomic E-state index is -0.123. The largest absolute Gasteiger partial charge is 0.339 e. The molecule has 0 N–H and O–H groups in total. The molecule has 3 heteroatoms. The number of carbonyl (C=O) groups is 1. The van der Waals surface area contributed by atoms with Gasteiger partial charge >= 0.3 is 0 Å². The zero-order chi connectivity index (χ0) is 10.7. The highest BCUT2D eigenvalue weighted by Gasteiger charge is 2.34. The predicted molar refractivity (Wildman–Crippen MR) is 62.6 cm³/mol. The summed E-state index contributed by atoms with van der Waals surface area (Å²) in [5, 5.41) is -0.123. The van der Waals surface area contributed by atoms with E-state index in [0.717, 1.165) is 13.0 Å². The van der Waals surface area contributed by atoms with E-state index in [2.05, 4.69) is 19.6 Å². The summed E-state index contributed by atoms with van der Waals surface area (Å²) in [6, 6.07) is 0.524. The molecular weight excluding hydrogens is 194 g/mol. The Bertz CT molecular complexity index is 201. The maximum Gasteiger partial charge on any atom is 0.235 e. The number of amides is 1. The van der Waals surface area contributed by atoms with E-state index in [1.165, 1.54) is 12.8 Å². The van der Waals surface area contributed by atoms with Crippen LogP contribution in [0.25, 0.3) is 0 Å². The van der Waals surface area contributed by atoms with Crippen LogP contribution in [0.4, 0.5) is 0 Å². The molecule has 0 spiro atoms. The van der Waals surface area contributed by atoms with E-state index in [1.807, 2.05) is 18.7 Å².